The van der Waals surface area contributed by atoms with Crippen molar-refractivity contribution in [2.24, 2.45) is 0 Å². The van der Waals surface area contributed by atoms with E-state index in [0.717, 1.165) is 24.1 Å². The Morgan fingerprint density at radius 1 is 1.50 bits per heavy atom. The number of aliphatic hydroxyl groups excluding tert-OH is 1. The third-order valence-corrected chi connectivity index (χ3v) is 6.72. The molecule has 0 aromatic carbocycles. The van der Waals surface area contributed by atoms with Gasteiger partial charge in [0.15, 0.2) is 0 Å². The van der Waals surface area contributed by atoms with Crippen LogP contribution in [0.5, 0.6) is 0 Å². The molecule has 0 spiro atoms. The minimum absolute atomic E-state index is 0.0598. The standard InChI is InChI=1S/C12H19NO3S2/c1-10-6-7-12(17-10)18(15,16)13-8-2-4-11(13)5-3-9-14/h6-7,11,14H,2-5,8-9H2,1H3. The van der Waals surface area contributed by atoms with Gasteiger partial charge in [-0.1, -0.05) is 0 Å². The fourth-order valence-corrected chi connectivity index (χ4v) is 5.54. The van der Waals surface area contributed by atoms with Crippen LogP contribution in [0.3, 0.4) is 0 Å². The summed E-state index contributed by atoms with van der Waals surface area (Å²) in [6.45, 7) is 2.65. The van der Waals surface area contributed by atoms with Crippen molar-refractivity contribution in [2.75, 3.05) is 13.2 Å². The van der Waals surface area contributed by atoms with Crippen molar-refractivity contribution in [1.29, 1.82) is 0 Å². The second-order valence-electron chi connectivity index (χ2n) is 4.64. The zero-order valence-electron chi connectivity index (χ0n) is 10.5. The van der Waals surface area contributed by atoms with E-state index in [1.165, 1.54) is 11.3 Å². The summed E-state index contributed by atoms with van der Waals surface area (Å²) in [5.41, 5.74) is 0. The van der Waals surface area contributed by atoms with Crippen molar-refractivity contribution >= 4 is 21.4 Å². The fraction of sp³-hybridized carbons (Fsp3) is 0.667. The van der Waals surface area contributed by atoms with Gasteiger partial charge < -0.3 is 5.11 Å². The first-order chi connectivity index (χ1) is 8.55. The molecule has 1 aromatic rings. The van der Waals surface area contributed by atoms with E-state index in [1.807, 2.05) is 13.0 Å². The van der Waals surface area contributed by atoms with Gasteiger partial charge in [-0.15, -0.1) is 11.3 Å². The molecule has 1 atom stereocenters. The molecular formula is C12H19NO3S2. The van der Waals surface area contributed by atoms with Crippen LogP contribution in [0.15, 0.2) is 16.3 Å². The maximum Gasteiger partial charge on any atom is 0.252 e. The first kappa shape index (κ1) is 14.0. The lowest BCUT2D eigenvalue weighted by atomic mass is 10.1. The molecular weight excluding hydrogens is 270 g/mol. The fourth-order valence-electron chi connectivity index (χ4n) is 2.41. The summed E-state index contributed by atoms with van der Waals surface area (Å²) < 4.78 is 27.0. The summed E-state index contributed by atoms with van der Waals surface area (Å²) in [6, 6.07) is 3.59. The molecule has 2 rings (SSSR count). The van der Waals surface area contributed by atoms with E-state index < -0.39 is 10.0 Å². The Morgan fingerprint density at radius 2 is 2.28 bits per heavy atom. The first-order valence-electron chi connectivity index (χ1n) is 6.25. The van der Waals surface area contributed by atoms with Crippen LogP contribution in [0.2, 0.25) is 0 Å². The van der Waals surface area contributed by atoms with Crippen molar-refractivity contribution in [2.45, 2.75) is 42.9 Å². The highest BCUT2D eigenvalue weighted by atomic mass is 32.2. The van der Waals surface area contributed by atoms with Crippen LogP contribution < -0.4 is 0 Å². The number of rotatable bonds is 5. The van der Waals surface area contributed by atoms with Crippen LogP contribution in [0.25, 0.3) is 0 Å². The zero-order chi connectivity index (χ0) is 13.2. The topological polar surface area (TPSA) is 57.6 Å². The van der Waals surface area contributed by atoms with Gasteiger partial charge in [-0.3, -0.25) is 0 Å². The Hall–Kier alpha value is -0.430. The lowest BCUT2D eigenvalue weighted by Gasteiger charge is -2.23. The molecule has 0 saturated carbocycles. The Bertz CT molecular complexity index is 495. The van der Waals surface area contributed by atoms with Crippen LogP contribution in [0.1, 0.15) is 30.6 Å². The lowest BCUT2D eigenvalue weighted by molar-refractivity contribution is 0.264. The van der Waals surface area contributed by atoms with Gasteiger partial charge in [0.05, 0.1) is 0 Å². The van der Waals surface area contributed by atoms with Gasteiger partial charge in [-0.25, -0.2) is 8.42 Å². The molecule has 18 heavy (non-hydrogen) atoms. The average Bonchev–Trinajstić information content (AvgIpc) is 2.95. The highest BCUT2D eigenvalue weighted by Crippen LogP contribution is 2.31. The minimum atomic E-state index is -3.33. The SMILES string of the molecule is Cc1ccc(S(=O)(=O)N2CCCC2CCCO)s1. The molecule has 102 valence electrons. The molecule has 1 N–H and O–H groups in total. The van der Waals surface area contributed by atoms with Gasteiger partial charge in [0.2, 0.25) is 0 Å². The highest BCUT2D eigenvalue weighted by molar-refractivity contribution is 7.91. The van der Waals surface area contributed by atoms with Gasteiger partial charge in [0.1, 0.15) is 4.21 Å². The number of aryl methyl sites for hydroxylation is 1. The predicted molar refractivity (Wildman–Crippen MR) is 72.3 cm³/mol. The quantitative estimate of drug-likeness (QED) is 0.902. The molecule has 0 bridgehead atoms. The van der Waals surface area contributed by atoms with E-state index in [0.29, 0.717) is 17.2 Å². The smallest absolute Gasteiger partial charge is 0.252 e. The summed E-state index contributed by atoms with van der Waals surface area (Å²) in [5, 5.41) is 8.87. The molecule has 0 aliphatic carbocycles. The summed E-state index contributed by atoms with van der Waals surface area (Å²) in [4.78, 5) is 1.01. The molecule has 4 nitrogen and oxygen atoms in total. The van der Waals surface area contributed by atoms with Crippen molar-refractivity contribution in [3.05, 3.63) is 17.0 Å². The summed E-state index contributed by atoms with van der Waals surface area (Å²) in [7, 11) is -3.33. The molecule has 0 radical (unpaired) electrons. The minimum Gasteiger partial charge on any atom is -0.396 e. The highest BCUT2D eigenvalue weighted by Gasteiger charge is 2.35. The number of thiophene rings is 1. The molecule has 6 heteroatoms. The normalized spacial score (nSPS) is 21.6. The van der Waals surface area contributed by atoms with Crippen LogP contribution in [0.4, 0.5) is 0 Å². The molecule has 1 aliphatic rings. The number of hydrogen-bond donors (Lipinski definition) is 1. The molecule has 1 aliphatic heterocycles. The third-order valence-electron chi connectivity index (χ3n) is 3.30. The van der Waals surface area contributed by atoms with E-state index in [1.54, 1.807) is 10.4 Å². The molecule has 2 heterocycles. The number of hydrogen-bond acceptors (Lipinski definition) is 4. The van der Waals surface area contributed by atoms with E-state index in [4.69, 9.17) is 5.11 Å². The van der Waals surface area contributed by atoms with Crippen LogP contribution >= 0.6 is 11.3 Å². The van der Waals surface area contributed by atoms with Crippen LogP contribution in [0, 0.1) is 6.92 Å². The van der Waals surface area contributed by atoms with Gasteiger partial charge in [-0.05, 0) is 44.7 Å². The van der Waals surface area contributed by atoms with Crippen molar-refractivity contribution in [1.82, 2.24) is 4.31 Å². The van der Waals surface area contributed by atoms with E-state index in [-0.39, 0.29) is 12.6 Å². The third kappa shape index (κ3) is 2.77. The first-order valence-corrected chi connectivity index (χ1v) is 8.50. The Labute approximate surface area is 112 Å². The van der Waals surface area contributed by atoms with Gasteiger partial charge in [0, 0.05) is 24.1 Å². The summed E-state index contributed by atoms with van der Waals surface area (Å²) >= 11 is 1.33. The zero-order valence-corrected chi connectivity index (χ0v) is 12.1. The molecule has 1 saturated heterocycles. The summed E-state index contributed by atoms with van der Waals surface area (Å²) in [6.07, 6.45) is 3.24. The molecule has 0 amide bonds. The number of sulfonamides is 1. The predicted octanol–water partition coefficient (Wildman–Crippen LogP) is 1.98. The maximum atomic E-state index is 12.5. The monoisotopic (exact) mass is 289 g/mol. The van der Waals surface area contributed by atoms with Crippen LogP contribution in [-0.4, -0.2) is 37.0 Å². The summed E-state index contributed by atoms with van der Waals surface area (Å²) in [5.74, 6) is 0. The number of aliphatic hydroxyl groups is 1. The maximum absolute atomic E-state index is 12.5. The molecule has 1 unspecified atom stereocenters. The van der Waals surface area contributed by atoms with Gasteiger partial charge in [0.25, 0.3) is 10.0 Å². The molecule has 1 aromatic heterocycles. The lowest BCUT2D eigenvalue weighted by Crippen LogP contribution is -2.35. The second kappa shape index (κ2) is 5.69. The largest absolute Gasteiger partial charge is 0.396 e. The van der Waals surface area contributed by atoms with Crippen LogP contribution in [-0.2, 0) is 10.0 Å². The Kier molecular flexibility index (Phi) is 4.42. The number of nitrogens with zero attached hydrogens (tertiary/aromatic N) is 1. The van der Waals surface area contributed by atoms with Gasteiger partial charge >= 0.3 is 0 Å². The Balaban J connectivity index is 2.18. The second-order valence-corrected chi connectivity index (χ2v) is 8.05. The van der Waals surface area contributed by atoms with E-state index in [9.17, 15) is 8.42 Å². The van der Waals surface area contributed by atoms with Crippen molar-refractivity contribution < 1.29 is 13.5 Å². The Morgan fingerprint density at radius 3 is 2.89 bits per heavy atom. The van der Waals surface area contributed by atoms with E-state index >= 15 is 0 Å². The van der Waals surface area contributed by atoms with Gasteiger partial charge in [-0.2, -0.15) is 4.31 Å². The molecule has 1 fully saturated rings. The van der Waals surface area contributed by atoms with Crippen molar-refractivity contribution in [3.8, 4) is 0 Å². The van der Waals surface area contributed by atoms with E-state index in [2.05, 4.69) is 0 Å². The average molecular weight is 289 g/mol. The van der Waals surface area contributed by atoms with Crippen molar-refractivity contribution in [3.63, 3.8) is 0 Å².